The molecule has 2 unspecified atom stereocenters. The molecule has 1 N–H and O–H groups in total. The molecule has 0 radical (unpaired) electrons. The molecular weight excluding hydrogens is 2510 g/mol. The summed E-state index contributed by atoms with van der Waals surface area (Å²) in [5.74, 6) is 2.09. The molecule has 38 heteroatoms. The van der Waals surface area contributed by atoms with Gasteiger partial charge in [-0.15, -0.1) is 0 Å². The molecule has 0 amide bonds. The van der Waals surface area contributed by atoms with Crippen molar-refractivity contribution in [3.05, 3.63) is 307 Å². The van der Waals surface area contributed by atoms with E-state index in [9.17, 15) is 4.79 Å². The quantitative estimate of drug-likeness (QED) is 0.140. The SMILES string of the molecule is CC12CCC(c3c1n[n-]c3-c1nccc3ccccc13)C2(C)C.Cc1cc(-c2ccccn2)[n-]n1.Cc1cc(-c2ccccn2)[n-]n1.Cc1cc(-c2ccccn2)[n-]n1.Cc1cc(-c2cnccn2)[n-]n1.Cc1cc(-c2cnccn2)[n-]n1.Cc1n[n-]c(-c2ccccn2)n1.Cc1n[n-]c(-c2ccccn2)n1.O=C(O)c1ccccn1.[Cl][Pt][Cl].[Pt+2].[Pt+2].[Pt+2].[Pt]. The van der Waals surface area contributed by atoms with Crippen LogP contribution in [0.25, 0.3) is 102 Å². The van der Waals surface area contributed by atoms with Crippen LogP contribution in [-0.2, 0) is 106 Å². The van der Waals surface area contributed by atoms with Crippen LogP contribution in [0.2, 0.25) is 0 Å². The van der Waals surface area contributed by atoms with Gasteiger partial charge in [0, 0.05) is 163 Å². The molecule has 0 aliphatic heterocycles. The fourth-order valence-electron chi connectivity index (χ4n) is 12.3. The molecule has 2 aliphatic carbocycles. The normalized spacial score (nSPS) is 12.9. The number of benzene rings is 1. The second kappa shape index (κ2) is 49.7. The number of carboxylic acids is 1. The van der Waals surface area contributed by atoms with Crippen LogP contribution in [0.15, 0.2) is 250 Å². The van der Waals surface area contributed by atoms with Gasteiger partial charge < -0.3 is 86.5 Å². The average Bonchev–Trinajstić information content (AvgIpc) is 1.52. The van der Waals surface area contributed by atoms with Gasteiger partial charge in [0.25, 0.3) is 0 Å². The molecule has 17 heterocycles. The van der Waals surface area contributed by atoms with E-state index >= 15 is 0 Å². The van der Waals surface area contributed by atoms with E-state index in [1.807, 2.05) is 162 Å². The number of nitrogens with zero attached hydrogens (tertiary/aromatic N) is 29. The Morgan fingerprint density at radius 3 is 1.07 bits per heavy atom. The van der Waals surface area contributed by atoms with Crippen LogP contribution in [0.3, 0.4) is 0 Å². The molecule has 31 nitrogen and oxygen atoms in total. The predicted octanol–water partition coefficient (Wildman–Crippen LogP) is 14.0. The van der Waals surface area contributed by atoms with Crippen LogP contribution in [-0.4, -0.2) is 117 Å². The second-order valence-electron chi connectivity index (χ2n) is 26.9. The average molecular weight is 2580 g/mol. The van der Waals surface area contributed by atoms with Crippen molar-refractivity contribution < 1.29 is 111 Å². The molecule has 0 spiro atoms. The monoisotopic (exact) mass is 2580 g/mol. The molecule has 1 saturated carbocycles. The van der Waals surface area contributed by atoms with Gasteiger partial charge in [-0.3, -0.25) is 60.0 Å². The van der Waals surface area contributed by atoms with Gasteiger partial charge in [0.1, 0.15) is 5.69 Å². The van der Waals surface area contributed by atoms with Gasteiger partial charge in [0.05, 0.1) is 40.9 Å². The molecule has 2 bridgehead atoms. The van der Waals surface area contributed by atoms with Crippen molar-refractivity contribution in [3.63, 3.8) is 0 Å². The molecule has 0 saturated heterocycles. The van der Waals surface area contributed by atoms with Gasteiger partial charge in [-0.2, -0.15) is 0 Å². The Kier molecular flexibility index (Phi) is 40.0. The molecule has 123 heavy (non-hydrogen) atoms. The number of rotatable bonds is 9. The third-order valence-corrected chi connectivity index (χ3v) is 18.3. The number of hydrogen-bond donors (Lipinski definition) is 1. The molecule has 1 fully saturated rings. The summed E-state index contributed by atoms with van der Waals surface area (Å²) in [6, 6.07) is 53.2. The number of aryl methyl sites for hydroxylation is 7. The Morgan fingerprint density at radius 2 is 0.756 bits per heavy atom. The first kappa shape index (κ1) is 98.8. The van der Waals surface area contributed by atoms with Gasteiger partial charge in [-0.1, -0.05) is 146 Å². The summed E-state index contributed by atoms with van der Waals surface area (Å²) in [6.07, 6.45) is 24.3. The fourth-order valence-corrected chi connectivity index (χ4v) is 12.3. The van der Waals surface area contributed by atoms with Crippen molar-refractivity contribution >= 4 is 35.6 Å². The summed E-state index contributed by atoms with van der Waals surface area (Å²) in [6.45, 7) is 20.3. The van der Waals surface area contributed by atoms with E-state index in [1.54, 1.807) is 94.1 Å². The van der Waals surface area contributed by atoms with Crippen LogP contribution in [0.5, 0.6) is 0 Å². The smallest absolute Gasteiger partial charge is 0 e. The predicted molar refractivity (Wildman–Crippen MR) is 444 cm³/mol. The molecule has 20 rings (SSSR count). The molecule has 17 aromatic heterocycles. The number of halogens is 2. The van der Waals surface area contributed by atoms with E-state index in [-0.39, 0.29) is 101 Å². The summed E-state index contributed by atoms with van der Waals surface area (Å²) in [4.78, 5) is 63.3. The van der Waals surface area contributed by atoms with Crippen LogP contribution in [0.1, 0.15) is 101 Å². The first-order valence-electron chi connectivity index (χ1n) is 36.8. The Bertz CT molecular complexity index is 5310. The van der Waals surface area contributed by atoms with E-state index in [4.69, 9.17) is 23.9 Å². The van der Waals surface area contributed by atoms with E-state index in [2.05, 4.69) is 197 Å². The summed E-state index contributed by atoms with van der Waals surface area (Å²) in [5, 5.41) is 74.5. The van der Waals surface area contributed by atoms with E-state index in [1.165, 1.54) is 47.1 Å². The van der Waals surface area contributed by atoms with Crippen LogP contribution < -0.4 is 40.8 Å². The zero-order chi connectivity index (χ0) is 83.9. The minimum absolute atomic E-state index is 0. The topological polar surface area (TPSA) is 421 Å². The van der Waals surface area contributed by atoms with Gasteiger partial charge in [-0.05, 0) is 174 Å². The van der Waals surface area contributed by atoms with Crippen molar-refractivity contribution in [1.29, 1.82) is 0 Å². The third-order valence-electron chi connectivity index (χ3n) is 18.3. The second-order valence-corrected chi connectivity index (χ2v) is 30.2. The maximum atomic E-state index is 10.1. The summed E-state index contributed by atoms with van der Waals surface area (Å²) in [7, 11) is 9.75. The van der Waals surface area contributed by atoms with Crippen molar-refractivity contribution in [3.8, 4) is 91.4 Å². The van der Waals surface area contributed by atoms with Gasteiger partial charge in [-0.25, -0.2) is 9.78 Å². The van der Waals surface area contributed by atoms with Crippen molar-refractivity contribution in [1.82, 2.24) is 146 Å². The maximum absolute atomic E-state index is 10.1. The van der Waals surface area contributed by atoms with Crippen LogP contribution in [0.4, 0.5) is 0 Å². The number of carboxylic acid groups (broad SMARTS) is 1. The van der Waals surface area contributed by atoms with Gasteiger partial charge in [0.2, 0.25) is 0 Å². The van der Waals surface area contributed by atoms with E-state index in [0.717, 1.165) is 108 Å². The Hall–Kier alpha value is -11.3. The van der Waals surface area contributed by atoms with Gasteiger partial charge in [0.15, 0.2) is 0 Å². The maximum Gasteiger partial charge on any atom is 2.00 e. The Balaban J connectivity index is 0.000000191. The number of pyridine rings is 7. The molecule has 1 aromatic carbocycles. The Morgan fingerprint density at radius 1 is 0.398 bits per heavy atom. The summed E-state index contributed by atoms with van der Waals surface area (Å²) in [5.41, 5.74) is 19.4. The first-order valence-corrected chi connectivity index (χ1v) is 42.4. The third kappa shape index (κ3) is 27.9. The zero-order valence-electron chi connectivity index (χ0n) is 67.3. The molecule has 18 aromatic rings. The van der Waals surface area contributed by atoms with E-state index < -0.39 is 22.5 Å². The minimum atomic E-state index is -0.990. The number of aromatic carboxylic acids is 1. The minimum Gasteiger partial charge on any atom is 0 e. The Labute approximate surface area is 783 Å². The van der Waals surface area contributed by atoms with Crippen LogP contribution in [0, 0.1) is 53.9 Å². The van der Waals surface area contributed by atoms with E-state index in [0.29, 0.717) is 29.2 Å². The van der Waals surface area contributed by atoms with Crippen molar-refractivity contribution in [2.24, 2.45) is 5.41 Å². The molecule has 2 aliphatic rings. The number of carbonyl (C=O) groups is 1. The number of fused-ring (bicyclic) bond motifs is 6. The summed E-state index contributed by atoms with van der Waals surface area (Å²) >= 11 is -0.472. The fraction of sp³-hybridized carbons (Fsp3) is 0.176. The van der Waals surface area contributed by atoms with Crippen molar-refractivity contribution in [2.75, 3.05) is 0 Å². The summed E-state index contributed by atoms with van der Waals surface area (Å²) < 4.78 is 0. The van der Waals surface area contributed by atoms with Crippen LogP contribution >= 0.6 is 18.8 Å². The zero-order valence-corrected chi connectivity index (χ0v) is 80.2. The molecular formula is C85H77Cl2N29O2Pt5-2. The number of aromatic nitrogens is 29. The first-order chi connectivity index (χ1) is 57.8. The number of hydrogen-bond acceptors (Lipinski definition) is 22. The largest absolute Gasteiger partial charge is 2.00 e. The molecule has 640 valence electrons. The van der Waals surface area contributed by atoms with Gasteiger partial charge >= 0.3 is 104 Å². The standard InChI is InChI=1S/C20H20N3.3C9H8N3.4C8H7N4.C6H5NO2.2ClH.5Pt/c1-19(2)14-8-10-20(19,3)18-15(14)17(22-23-18)16-13-7-5-4-6-12(13)9-11-21-16;3*1-7-6-9(12-11-7)8-4-2-3-5-10-8;2*1-6-4-7(12-11-6)8-5-9-2-3-10-8;2*1-6-10-8(12-11-6)7-4-2-3-5-9-7;8-6(9)5-3-1-2-4-7-5;;;;;;;/h4-7,9,11,14H,8,10H2,1-3H3;3*2-6H,1H3;4*2-5H,1H3;1-4H,(H,8,9);2*1H;;;;;/q8*-1;;;;;4*+2/p-2. The molecule has 2 atom stereocenters. The van der Waals surface area contributed by atoms with Crippen molar-refractivity contribution in [2.45, 2.75) is 93.4 Å².